The molecule has 144 valence electrons. The lowest BCUT2D eigenvalue weighted by Crippen LogP contribution is -2.29. The minimum Gasteiger partial charge on any atom is -0.507 e. The van der Waals surface area contributed by atoms with E-state index in [-0.39, 0.29) is 17.9 Å². The third-order valence-electron chi connectivity index (χ3n) is 4.90. The number of aliphatic hydroxyl groups excluding tert-OH is 1. The van der Waals surface area contributed by atoms with Crippen molar-refractivity contribution in [3.05, 3.63) is 87.9 Å². The molecule has 1 heterocycles. The molecule has 4 nitrogen and oxygen atoms in total. The molecule has 2 aromatic rings. The van der Waals surface area contributed by atoms with Crippen molar-refractivity contribution in [2.75, 3.05) is 6.54 Å². The largest absolute Gasteiger partial charge is 0.507 e. The van der Waals surface area contributed by atoms with Gasteiger partial charge in [0, 0.05) is 16.6 Å². The van der Waals surface area contributed by atoms with Crippen LogP contribution in [0.2, 0.25) is 0 Å². The third kappa shape index (κ3) is 3.67. The van der Waals surface area contributed by atoms with Gasteiger partial charge in [0.15, 0.2) is 0 Å². The van der Waals surface area contributed by atoms with Gasteiger partial charge >= 0.3 is 0 Å². The SMILES string of the molecule is C=CCN1C(=O)C(=O)C(=C(O)c2ccc(Br)cc2)C1c1ccc(C(C)C)cc1. The number of amides is 1. The van der Waals surface area contributed by atoms with Crippen LogP contribution in [0, 0.1) is 0 Å². The summed E-state index contributed by atoms with van der Waals surface area (Å²) in [5.74, 6) is -1.11. The number of likely N-dealkylation sites (tertiary alicyclic amines) is 1. The van der Waals surface area contributed by atoms with Crippen LogP contribution >= 0.6 is 15.9 Å². The normalized spacial score (nSPS) is 18.7. The minimum atomic E-state index is -0.680. The summed E-state index contributed by atoms with van der Waals surface area (Å²) >= 11 is 3.36. The standard InChI is InChI=1S/C23H22BrNO3/c1-4-13-25-20(16-7-5-15(6-8-16)14(2)3)19(22(27)23(25)28)21(26)17-9-11-18(24)12-10-17/h4-12,14,20,26H,1,13H2,2-3H3. The van der Waals surface area contributed by atoms with Crippen molar-refractivity contribution in [3.63, 3.8) is 0 Å². The number of ketones is 1. The molecule has 0 saturated carbocycles. The predicted octanol–water partition coefficient (Wildman–Crippen LogP) is 5.18. The number of halogens is 1. The molecule has 1 fully saturated rings. The van der Waals surface area contributed by atoms with E-state index in [0.717, 1.165) is 15.6 Å². The monoisotopic (exact) mass is 439 g/mol. The summed E-state index contributed by atoms with van der Waals surface area (Å²) in [7, 11) is 0. The molecule has 1 atom stereocenters. The Balaban J connectivity index is 2.15. The van der Waals surface area contributed by atoms with E-state index in [2.05, 4.69) is 36.4 Å². The third-order valence-corrected chi connectivity index (χ3v) is 5.43. The van der Waals surface area contributed by atoms with Gasteiger partial charge in [-0.25, -0.2) is 0 Å². The molecule has 1 aliphatic heterocycles. The van der Waals surface area contributed by atoms with Crippen molar-refractivity contribution in [1.29, 1.82) is 0 Å². The van der Waals surface area contributed by atoms with Crippen molar-refractivity contribution in [1.82, 2.24) is 4.90 Å². The first-order valence-electron chi connectivity index (χ1n) is 9.10. The smallest absolute Gasteiger partial charge is 0.295 e. The zero-order valence-corrected chi connectivity index (χ0v) is 17.4. The Morgan fingerprint density at radius 2 is 1.75 bits per heavy atom. The number of carbonyl (C=O) groups excluding carboxylic acids is 2. The predicted molar refractivity (Wildman–Crippen MR) is 114 cm³/mol. The first-order chi connectivity index (χ1) is 13.3. The van der Waals surface area contributed by atoms with E-state index in [1.54, 1.807) is 30.3 Å². The van der Waals surface area contributed by atoms with E-state index in [0.29, 0.717) is 11.5 Å². The first kappa shape index (κ1) is 20.1. The van der Waals surface area contributed by atoms with Crippen molar-refractivity contribution in [2.45, 2.75) is 25.8 Å². The second kappa shape index (κ2) is 8.15. The second-order valence-electron chi connectivity index (χ2n) is 7.07. The van der Waals surface area contributed by atoms with Gasteiger partial charge in [-0.1, -0.05) is 72.3 Å². The summed E-state index contributed by atoms with van der Waals surface area (Å²) in [4.78, 5) is 26.9. The fraction of sp³-hybridized carbons (Fsp3) is 0.217. The summed E-state index contributed by atoms with van der Waals surface area (Å²) in [5, 5.41) is 10.9. The van der Waals surface area contributed by atoms with E-state index in [1.165, 1.54) is 4.90 Å². The van der Waals surface area contributed by atoms with Crippen LogP contribution in [0.4, 0.5) is 0 Å². The van der Waals surface area contributed by atoms with Gasteiger partial charge in [0.1, 0.15) is 5.76 Å². The van der Waals surface area contributed by atoms with Crippen LogP contribution < -0.4 is 0 Å². The molecule has 0 spiro atoms. The van der Waals surface area contributed by atoms with Gasteiger partial charge in [-0.05, 0) is 29.2 Å². The molecule has 1 saturated heterocycles. The Morgan fingerprint density at radius 1 is 1.14 bits per heavy atom. The molecule has 2 aromatic carbocycles. The Bertz CT molecular complexity index is 943. The second-order valence-corrected chi connectivity index (χ2v) is 7.98. The zero-order valence-electron chi connectivity index (χ0n) is 15.9. The van der Waals surface area contributed by atoms with Crippen LogP contribution in [-0.2, 0) is 9.59 Å². The summed E-state index contributed by atoms with van der Waals surface area (Å²) in [6, 6.07) is 14.1. The van der Waals surface area contributed by atoms with Crippen molar-refractivity contribution < 1.29 is 14.7 Å². The number of carbonyl (C=O) groups is 2. The van der Waals surface area contributed by atoms with Gasteiger partial charge in [-0.15, -0.1) is 6.58 Å². The molecule has 1 amide bonds. The molecule has 5 heteroatoms. The zero-order chi connectivity index (χ0) is 20.4. The quantitative estimate of drug-likeness (QED) is 0.302. The molecule has 0 aromatic heterocycles. The average Bonchev–Trinajstić information content (AvgIpc) is 2.93. The number of rotatable bonds is 5. The van der Waals surface area contributed by atoms with Crippen molar-refractivity contribution >= 4 is 33.4 Å². The minimum absolute atomic E-state index is 0.103. The highest BCUT2D eigenvalue weighted by atomic mass is 79.9. The molecule has 1 aliphatic rings. The van der Waals surface area contributed by atoms with Gasteiger partial charge in [-0.2, -0.15) is 0 Å². The van der Waals surface area contributed by atoms with Gasteiger partial charge in [-0.3, -0.25) is 9.59 Å². The Morgan fingerprint density at radius 3 is 2.29 bits per heavy atom. The fourth-order valence-corrected chi connectivity index (χ4v) is 3.64. The lowest BCUT2D eigenvalue weighted by atomic mass is 9.93. The number of benzene rings is 2. The van der Waals surface area contributed by atoms with E-state index in [1.807, 2.05) is 24.3 Å². The lowest BCUT2D eigenvalue weighted by molar-refractivity contribution is -0.139. The maximum Gasteiger partial charge on any atom is 0.295 e. The van der Waals surface area contributed by atoms with Gasteiger partial charge in [0.25, 0.3) is 11.7 Å². The maximum atomic E-state index is 12.8. The highest BCUT2D eigenvalue weighted by Gasteiger charge is 2.45. The molecule has 1 N–H and O–H groups in total. The highest BCUT2D eigenvalue weighted by molar-refractivity contribution is 9.10. The van der Waals surface area contributed by atoms with Crippen molar-refractivity contribution in [3.8, 4) is 0 Å². The summed E-state index contributed by atoms with van der Waals surface area (Å²) in [6.07, 6.45) is 1.58. The summed E-state index contributed by atoms with van der Waals surface area (Å²) < 4.78 is 0.858. The fourth-order valence-electron chi connectivity index (χ4n) is 3.38. The molecule has 3 rings (SSSR count). The van der Waals surface area contributed by atoms with Crippen LogP contribution in [-0.4, -0.2) is 28.2 Å². The molecule has 28 heavy (non-hydrogen) atoms. The molecular weight excluding hydrogens is 418 g/mol. The summed E-state index contributed by atoms with van der Waals surface area (Å²) in [5.41, 5.74) is 2.54. The van der Waals surface area contributed by atoms with Crippen molar-refractivity contribution in [2.24, 2.45) is 0 Å². The van der Waals surface area contributed by atoms with Crippen LogP contribution in [0.3, 0.4) is 0 Å². The topological polar surface area (TPSA) is 57.6 Å². The number of nitrogens with zero attached hydrogens (tertiary/aromatic N) is 1. The maximum absolute atomic E-state index is 12.8. The number of Topliss-reactive ketones (excluding diaryl/α,β-unsaturated/α-hetero) is 1. The average molecular weight is 440 g/mol. The number of hydrogen-bond donors (Lipinski definition) is 1. The van der Waals surface area contributed by atoms with Crippen LogP contribution in [0.1, 0.15) is 42.5 Å². The molecule has 0 aliphatic carbocycles. The van der Waals surface area contributed by atoms with E-state index in [4.69, 9.17) is 0 Å². The highest BCUT2D eigenvalue weighted by Crippen LogP contribution is 2.39. The van der Waals surface area contributed by atoms with Crippen LogP contribution in [0.25, 0.3) is 5.76 Å². The first-order valence-corrected chi connectivity index (χ1v) is 9.89. The van der Waals surface area contributed by atoms with E-state index < -0.39 is 17.7 Å². The number of hydrogen-bond acceptors (Lipinski definition) is 3. The lowest BCUT2D eigenvalue weighted by Gasteiger charge is -2.24. The molecule has 0 radical (unpaired) electrons. The summed E-state index contributed by atoms with van der Waals surface area (Å²) in [6.45, 7) is 8.13. The van der Waals surface area contributed by atoms with Gasteiger partial charge in [0.05, 0.1) is 11.6 Å². The van der Waals surface area contributed by atoms with E-state index >= 15 is 0 Å². The Hall–Kier alpha value is -2.66. The van der Waals surface area contributed by atoms with Gasteiger partial charge < -0.3 is 10.0 Å². The van der Waals surface area contributed by atoms with Gasteiger partial charge in [0.2, 0.25) is 0 Å². The molecular formula is C23H22BrNO3. The Kier molecular flexibility index (Phi) is 5.84. The Labute approximate surface area is 173 Å². The van der Waals surface area contributed by atoms with E-state index in [9.17, 15) is 14.7 Å². The number of aliphatic hydroxyl groups is 1. The van der Waals surface area contributed by atoms with Crippen LogP contribution in [0.15, 0.2) is 71.2 Å². The molecule has 0 bridgehead atoms. The van der Waals surface area contributed by atoms with Crippen LogP contribution in [0.5, 0.6) is 0 Å². The molecule has 1 unspecified atom stereocenters.